The van der Waals surface area contributed by atoms with Gasteiger partial charge in [-0.25, -0.2) is 18.0 Å². The number of sulfone groups is 1. The van der Waals surface area contributed by atoms with Gasteiger partial charge < -0.3 is 25.0 Å². The van der Waals surface area contributed by atoms with E-state index in [1.807, 2.05) is 51.1 Å². The maximum Gasteiger partial charge on any atom is 0.410 e. The molecule has 3 amide bonds. The Balaban J connectivity index is 1.30. The number of hydrogen-bond donors (Lipinski definition) is 2. The molecule has 0 aromatic heterocycles. The van der Waals surface area contributed by atoms with Gasteiger partial charge in [-0.3, -0.25) is 4.79 Å². The third kappa shape index (κ3) is 6.52. The van der Waals surface area contributed by atoms with Crippen LogP contribution in [0.15, 0.2) is 59.5 Å². The molecule has 39 heavy (non-hydrogen) atoms. The first-order valence-corrected chi connectivity index (χ1v) is 14.5. The molecule has 10 nitrogen and oxygen atoms in total. The molecule has 2 aromatic rings. The zero-order valence-corrected chi connectivity index (χ0v) is 23.2. The van der Waals surface area contributed by atoms with Crippen LogP contribution in [0.25, 0.3) is 0 Å². The van der Waals surface area contributed by atoms with E-state index in [0.717, 1.165) is 5.56 Å². The van der Waals surface area contributed by atoms with Gasteiger partial charge in [-0.05, 0) is 48.1 Å². The minimum absolute atomic E-state index is 0.137. The molecular formula is C28H35N3O7S. The molecule has 2 fully saturated rings. The van der Waals surface area contributed by atoms with Gasteiger partial charge in [0.2, 0.25) is 5.91 Å². The minimum Gasteiger partial charge on any atom is -0.465 e. The third-order valence-corrected chi connectivity index (χ3v) is 9.64. The highest BCUT2D eigenvalue weighted by Crippen LogP contribution is 2.36. The Hall–Kier alpha value is -3.60. The number of nitrogens with one attached hydrogen (secondary N) is 1. The number of rotatable bonds is 6. The normalized spacial score (nSPS) is 20.2. The van der Waals surface area contributed by atoms with Gasteiger partial charge in [-0.1, -0.05) is 51.1 Å². The fourth-order valence-electron chi connectivity index (χ4n) is 5.03. The van der Waals surface area contributed by atoms with E-state index in [1.54, 1.807) is 12.1 Å². The second kappa shape index (κ2) is 11.3. The largest absolute Gasteiger partial charge is 0.465 e. The topological polar surface area (TPSA) is 133 Å². The first-order chi connectivity index (χ1) is 18.4. The van der Waals surface area contributed by atoms with Crippen LogP contribution in [0.3, 0.4) is 0 Å². The molecule has 2 saturated heterocycles. The zero-order valence-electron chi connectivity index (χ0n) is 22.4. The first-order valence-electron chi connectivity index (χ1n) is 13.0. The Bertz CT molecular complexity index is 1300. The summed E-state index contributed by atoms with van der Waals surface area (Å²) in [6.07, 6.45) is -1.06. The summed E-state index contributed by atoms with van der Waals surface area (Å²) in [5.41, 5.74) is 0.930. The van der Waals surface area contributed by atoms with E-state index < -0.39 is 38.7 Å². The highest BCUT2D eigenvalue weighted by atomic mass is 32.2. The van der Waals surface area contributed by atoms with Gasteiger partial charge in [0.1, 0.15) is 6.61 Å². The molecule has 0 radical (unpaired) electrons. The molecule has 2 unspecified atom stereocenters. The summed E-state index contributed by atoms with van der Waals surface area (Å²) in [7, 11) is -3.69. The van der Waals surface area contributed by atoms with Crippen LogP contribution in [-0.2, 0) is 26.0 Å². The lowest BCUT2D eigenvalue weighted by atomic mass is 9.80. The van der Waals surface area contributed by atoms with Crippen molar-refractivity contribution in [3.8, 4) is 0 Å². The number of hydrogen-bond acceptors (Lipinski definition) is 6. The third-order valence-electron chi connectivity index (χ3n) is 7.40. The molecule has 11 heteroatoms. The molecule has 0 saturated carbocycles. The van der Waals surface area contributed by atoms with Crippen molar-refractivity contribution >= 4 is 33.6 Å². The van der Waals surface area contributed by atoms with Crippen LogP contribution < -0.4 is 5.32 Å². The van der Waals surface area contributed by atoms with Crippen molar-refractivity contribution in [2.75, 3.05) is 25.0 Å². The van der Waals surface area contributed by atoms with Crippen LogP contribution in [-0.4, -0.2) is 72.3 Å². The van der Waals surface area contributed by atoms with Gasteiger partial charge in [-0.2, -0.15) is 0 Å². The van der Waals surface area contributed by atoms with E-state index >= 15 is 0 Å². The number of anilines is 1. The average Bonchev–Trinajstić information content (AvgIpc) is 2.86. The van der Waals surface area contributed by atoms with Crippen LogP contribution in [0.4, 0.5) is 15.3 Å². The Labute approximate surface area is 228 Å². The molecule has 2 heterocycles. The van der Waals surface area contributed by atoms with Crippen molar-refractivity contribution in [2.24, 2.45) is 11.3 Å². The van der Waals surface area contributed by atoms with Crippen molar-refractivity contribution in [2.45, 2.75) is 56.4 Å². The van der Waals surface area contributed by atoms with Crippen molar-refractivity contribution in [3.05, 3.63) is 60.2 Å². The summed E-state index contributed by atoms with van der Waals surface area (Å²) in [5, 5.41) is 11.7. The maximum atomic E-state index is 13.4. The molecule has 0 spiro atoms. The van der Waals surface area contributed by atoms with Gasteiger partial charge in [0, 0.05) is 31.4 Å². The smallest absolute Gasteiger partial charge is 0.410 e. The molecule has 0 aliphatic carbocycles. The molecule has 0 bridgehead atoms. The number of carboxylic acid groups (broad SMARTS) is 1. The monoisotopic (exact) mass is 557 g/mol. The van der Waals surface area contributed by atoms with Crippen LogP contribution in [0.1, 0.15) is 39.2 Å². The number of carbonyl (C=O) groups is 3. The molecule has 2 atom stereocenters. The highest BCUT2D eigenvalue weighted by molar-refractivity contribution is 7.92. The average molecular weight is 558 g/mol. The van der Waals surface area contributed by atoms with Crippen molar-refractivity contribution in [3.63, 3.8) is 0 Å². The van der Waals surface area contributed by atoms with Crippen molar-refractivity contribution < 1.29 is 32.6 Å². The molecule has 2 aliphatic heterocycles. The summed E-state index contributed by atoms with van der Waals surface area (Å²) in [6.45, 7) is 6.55. The number of piperidine rings is 1. The van der Waals surface area contributed by atoms with Gasteiger partial charge in [-0.15, -0.1) is 0 Å². The van der Waals surface area contributed by atoms with Gasteiger partial charge in [0.15, 0.2) is 9.84 Å². The zero-order chi connectivity index (χ0) is 28.4. The van der Waals surface area contributed by atoms with E-state index in [4.69, 9.17) is 4.74 Å². The number of likely N-dealkylation sites (tertiary alicyclic amines) is 2. The summed E-state index contributed by atoms with van der Waals surface area (Å²) < 4.78 is 32.0. The Morgan fingerprint density at radius 2 is 1.67 bits per heavy atom. The van der Waals surface area contributed by atoms with Crippen LogP contribution in [0, 0.1) is 11.3 Å². The van der Waals surface area contributed by atoms with E-state index in [0.29, 0.717) is 5.69 Å². The predicted molar refractivity (Wildman–Crippen MR) is 145 cm³/mol. The molecule has 2 aromatic carbocycles. The van der Waals surface area contributed by atoms with E-state index in [-0.39, 0.29) is 55.8 Å². The Morgan fingerprint density at radius 1 is 1.03 bits per heavy atom. The molecular weight excluding hydrogens is 522 g/mol. The van der Waals surface area contributed by atoms with Crippen molar-refractivity contribution in [1.82, 2.24) is 9.80 Å². The fourth-order valence-corrected chi connectivity index (χ4v) is 6.79. The molecule has 4 rings (SSSR count). The lowest BCUT2D eigenvalue weighted by molar-refractivity contribution is -0.124. The summed E-state index contributed by atoms with van der Waals surface area (Å²) >= 11 is 0. The second-order valence-corrected chi connectivity index (χ2v) is 13.4. The van der Waals surface area contributed by atoms with Gasteiger partial charge >= 0.3 is 12.2 Å². The van der Waals surface area contributed by atoms with Crippen molar-refractivity contribution in [1.29, 1.82) is 0 Å². The fraction of sp³-hybridized carbons (Fsp3) is 0.464. The van der Waals surface area contributed by atoms with Crippen LogP contribution >= 0.6 is 0 Å². The summed E-state index contributed by atoms with van der Waals surface area (Å²) in [6, 6.07) is 14.9. The van der Waals surface area contributed by atoms with Gasteiger partial charge in [0.25, 0.3) is 0 Å². The maximum absolute atomic E-state index is 13.4. The second-order valence-electron chi connectivity index (χ2n) is 11.2. The molecule has 2 N–H and O–H groups in total. The number of benzene rings is 2. The number of nitrogens with zero attached hydrogens (tertiary/aromatic N) is 2. The SMILES string of the molecule is CC(C)(C)C1CC(S(=O)(=O)c2ccc(NC(=O)C3CN(C(=O)OCc4ccccc4)C3)cc2)CCN1C(=O)O. The minimum atomic E-state index is -3.69. The Morgan fingerprint density at radius 3 is 2.26 bits per heavy atom. The number of ether oxygens (including phenoxy) is 1. The summed E-state index contributed by atoms with van der Waals surface area (Å²) in [4.78, 5) is 39.5. The lowest BCUT2D eigenvalue weighted by Gasteiger charge is -2.44. The molecule has 2 aliphatic rings. The summed E-state index contributed by atoms with van der Waals surface area (Å²) in [5.74, 6) is -0.641. The predicted octanol–water partition coefficient (Wildman–Crippen LogP) is 4.22. The highest BCUT2D eigenvalue weighted by Gasteiger charge is 2.43. The molecule has 210 valence electrons. The lowest BCUT2D eigenvalue weighted by Crippen LogP contribution is -2.54. The van der Waals surface area contributed by atoms with Crippen LogP contribution in [0.2, 0.25) is 0 Å². The van der Waals surface area contributed by atoms with Gasteiger partial charge in [0.05, 0.1) is 16.1 Å². The number of carbonyl (C=O) groups excluding carboxylic acids is 2. The Kier molecular flexibility index (Phi) is 8.20. The van der Waals surface area contributed by atoms with Crippen LogP contribution in [0.5, 0.6) is 0 Å². The quantitative estimate of drug-likeness (QED) is 0.543. The number of amides is 3. The standard InChI is InChI=1S/C28H35N3O7S/c1-28(2,3)24-15-23(13-14-31(24)26(33)34)39(36,37)22-11-9-21(10-12-22)29-25(32)20-16-30(17-20)27(35)38-18-19-7-5-4-6-8-19/h4-12,20,23-24H,13-18H2,1-3H3,(H,29,32)(H,33,34). The van der Waals surface area contributed by atoms with E-state index in [1.165, 1.54) is 21.9 Å². The first kappa shape index (κ1) is 28.4. The van der Waals surface area contributed by atoms with E-state index in [9.17, 15) is 27.9 Å². The van der Waals surface area contributed by atoms with E-state index in [2.05, 4.69) is 5.32 Å².